The van der Waals surface area contributed by atoms with Crippen molar-refractivity contribution in [2.75, 3.05) is 19.3 Å². The monoisotopic (exact) mass is 277 g/mol. The standard InChI is InChI=1S/C15H23N3O2/c1-10-6-11(8-12(16)7-10)14(20)18(5)9-13(19)17-15(2,3)4/h6-8H,9,16H2,1-5H3,(H,17,19). The molecule has 0 atom stereocenters. The highest BCUT2D eigenvalue weighted by Gasteiger charge is 2.19. The van der Waals surface area contributed by atoms with Gasteiger partial charge in [-0.1, -0.05) is 0 Å². The van der Waals surface area contributed by atoms with E-state index >= 15 is 0 Å². The summed E-state index contributed by atoms with van der Waals surface area (Å²) in [5, 5.41) is 2.82. The van der Waals surface area contributed by atoms with E-state index in [0.717, 1.165) is 5.56 Å². The minimum Gasteiger partial charge on any atom is -0.399 e. The molecular formula is C15H23N3O2. The Kier molecular flexibility index (Phi) is 4.76. The number of nitrogens with one attached hydrogen (secondary N) is 1. The van der Waals surface area contributed by atoms with Gasteiger partial charge in [-0.3, -0.25) is 9.59 Å². The Bertz CT molecular complexity index is 498. The molecule has 0 bridgehead atoms. The van der Waals surface area contributed by atoms with Gasteiger partial charge in [0, 0.05) is 23.8 Å². The SMILES string of the molecule is Cc1cc(N)cc(C(=O)N(C)CC(=O)NC(C)(C)C)c1. The van der Waals surface area contributed by atoms with Gasteiger partial charge in [0.25, 0.3) is 5.91 Å². The summed E-state index contributed by atoms with van der Waals surface area (Å²) in [4.78, 5) is 25.4. The highest BCUT2D eigenvalue weighted by molar-refractivity contribution is 5.97. The van der Waals surface area contributed by atoms with Crippen LogP contribution in [-0.4, -0.2) is 35.8 Å². The maximum Gasteiger partial charge on any atom is 0.254 e. The summed E-state index contributed by atoms with van der Waals surface area (Å²) in [6.07, 6.45) is 0. The van der Waals surface area contributed by atoms with Crippen molar-refractivity contribution in [3.05, 3.63) is 29.3 Å². The largest absolute Gasteiger partial charge is 0.399 e. The normalized spacial score (nSPS) is 11.1. The number of nitrogens with two attached hydrogens (primary N) is 1. The fourth-order valence-corrected chi connectivity index (χ4v) is 1.90. The fourth-order valence-electron chi connectivity index (χ4n) is 1.90. The molecule has 1 aromatic carbocycles. The summed E-state index contributed by atoms with van der Waals surface area (Å²) in [6, 6.07) is 5.17. The molecule has 0 spiro atoms. The van der Waals surface area contributed by atoms with Crippen LogP contribution in [0.5, 0.6) is 0 Å². The molecule has 0 unspecified atom stereocenters. The number of carbonyl (C=O) groups is 2. The van der Waals surface area contributed by atoms with Gasteiger partial charge in [0.2, 0.25) is 5.91 Å². The smallest absolute Gasteiger partial charge is 0.254 e. The van der Waals surface area contributed by atoms with Crippen LogP contribution in [0.2, 0.25) is 0 Å². The molecule has 0 heterocycles. The van der Waals surface area contributed by atoms with Crippen LogP contribution in [-0.2, 0) is 4.79 Å². The third-order valence-electron chi connectivity index (χ3n) is 2.59. The highest BCUT2D eigenvalue weighted by atomic mass is 16.2. The van der Waals surface area contributed by atoms with Crippen molar-refractivity contribution in [2.45, 2.75) is 33.2 Å². The van der Waals surface area contributed by atoms with Crippen LogP contribution >= 0.6 is 0 Å². The van der Waals surface area contributed by atoms with Crippen molar-refractivity contribution in [3.63, 3.8) is 0 Å². The number of amides is 2. The molecule has 0 radical (unpaired) electrons. The van der Waals surface area contributed by atoms with Gasteiger partial charge < -0.3 is 16.0 Å². The van der Waals surface area contributed by atoms with E-state index in [-0.39, 0.29) is 23.9 Å². The molecule has 0 aliphatic carbocycles. The molecule has 0 aliphatic rings. The van der Waals surface area contributed by atoms with Gasteiger partial charge >= 0.3 is 0 Å². The van der Waals surface area contributed by atoms with Crippen molar-refractivity contribution in [3.8, 4) is 0 Å². The lowest BCUT2D eigenvalue weighted by atomic mass is 10.1. The minimum absolute atomic E-state index is 0.0178. The van der Waals surface area contributed by atoms with Crippen molar-refractivity contribution < 1.29 is 9.59 Å². The van der Waals surface area contributed by atoms with E-state index in [1.165, 1.54) is 4.90 Å². The summed E-state index contributed by atoms with van der Waals surface area (Å²) < 4.78 is 0. The molecule has 5 heteroatoms. The lowest BCUT2D eigenvalue weighted by Gasteiger charge is -2.23. The number of benzene rings is 1. The van der Waals surface area contributed by atoms with Gasteiger partial charge in [-0.15, -0.1) is 0 Å². The van der Waals surface area contributed by atoms with Crippen LogP contribution in [0, 0.1) is 6.92 Å². The summed E-state index contributed by atoms with van der Waals surface area (Å²) in [6.45, 7) is 7.58. The number of aryl methyl sites for hydroxylation is 1. The maximum absolute atomic E-state index is 12.2. The molecule has 110 valence electrons. The molecule has 0 aliphatic heterocycles. The number of nitrogens with zero attached hydrogens (tertiary/aromatic N) is 1. The quantitative estimate of drug-likeness (QED) is 0.823. The van der Waals surface area contributed by atoms with E-state index in [1.54, 1.807) is 25.2 Å². The Balaban J connectivity index is 2.74. The zero-order chi connectivity index (χ0) is 15.5. The summed E-state index contributed by atoms with van der Waals surface area (Å²) >= 11 is 0. The van der Waals surface area contributed by atoms with Crippen LogP contribution in [0.1, 0.15) is 36.7 Å². The first kappa shape index (κ1) is 16.0. The van der Waals surface area contributed by atoms with E-state index in [1.807, 2.05) is 27.7 Å². The maximum atomic E-state index is 12.2. The van der Waals surface area contributed by atoms with Gasteiger partial charge in [0.1, 0.15) is 0 Å². The summed E-state index contributed by atoms with van der Waals surface area (Å²) in [5.74, 6) is -0.404. The predicted molar refractivity (Wildman–Crippen MR) is 80.4 cm³/mol. The van der Waals surface area contributed by atoms with Gasteiger partial charge in [-0.25, -0.2) is 0 Å². The number of nitrogen functional groups attached to an aromatic ring is 1. The van der Waals surface area contributed by atoms with Crippen LogP contribution < -0.4 is 11.1 Å². The van der Waals surface area contributed by atoms with Crippen molar-refractivity contribution in [1.82, 2.24) is 10.2 Å². The summed E-state index contributed by atoms with van der Waals surface area (Å²) in [5.41, 5.74) is 7.38. The van der Waals surface area contributed by atoms with E-state index in [2.05, 4.69) is 5.32 Å². The topological polar surface area (TPSA) is 75.4 Å². The molecule has 0 saturated heterocycles. The van der Waals surface area contributed by atoms with Crippen molar-refractivity contribution in [1.29, 1.82) is 0 Å². The number of hydrogen-bond donors (Lipinski definition) is 2. The average Bonchev–Trinajstić information content (AvgIpc) is 2.23. The average molecular weight is 277 g/mol. The summed E-state index contributed by atoms with van der Waals surface area (Å²) in [7, 11) is 1.60. The zero-order valence-corrected chi connectivity index (χ0v) is 12.8. The van der Waals surface area contributed by atoms with Gasteiger partial charge in [-0.2, -0.15) is 0 Å². The lowest BCUT2D eigenvalue weighted by molar-refractivity contribution is -0.122. The first-order valence-corrected chi connectivity index (χ1v) is 6.52. The van der Waals surface area contributed by atoms with Crippen LogP contribution in [0.3, 0.4) is 0 Å². The first-order valence-electron chi connectivity index (χ1n) is 6.52. The number of carbonyl (C=O) groups excluding carboxylic acids is 2. The third-order valence-corrected chi connectivity index (χ3v) is 2.59. The molecular weight excluding hydrogens is 254 g/mol. The second kappa shape index (κ2) is 5.94. The van der Waals surface area contributed by atoms with Crippen LogP contribution in [0.25, 0.3) is 0 Å². The Labute approximate surface area is 120 Å². The Hall–Kier alpha value is -2.04. The Morgan fingerprint density at radius 1 is 1.25 bits per heavy atom. The predicted octanol–water partition coefficient (Wildman–Crippen LogP) is 1.56. The van der Waals surface area contributed by atoms with Gasteiger partial charge in [-0.05, 0) is 51.5 Å². The Morgan fingerprint density at radius 2 is 1.85 bits per heavy atom. The molecule has 0 saturated carbocycles. The van der Waals surface area contributed by atoms with Crippen molar-refractivity contribution in [2.24, 2.45) is 0 Å². The zero-order valence-electron chi connectivity index (χ0n) is 12.8. The molecule has 5 nitrogen and oxygen atoms in total. The molecule has 1 aromatic rings. The number of likely N-dealkylation sites (N-methyl/N-ethyl adjacent to an activating group) is 1. The Morgan fingerprint density at radius 3 is 2.35 bits per heavy atom. The van der Waals surface area contributed by atoms with E-state index in [4.69, 9.17) is 5.73 Å². The first-order chi connectivity index (χ1) is 9.08. The number of anilines is 1. The number of rotatable bonds is 3. The second-order valence-corrected chi connectivity index (χ2v) is 6.09. The molecule has 3 N–H and O–H groups in total. The van der Waals surface area contributed by atoms with Crippen LogP contribution in [0.4, 0.5) is 5.69 Å². The molecule has 0 aromatic heterocycles. The fraction of sp³-hybridized carbons (Fsp3) is 0.467. The third kappa shape index (κ3) is 4.91. The lowest BCUT2D eigenvalue weighted by Crippen LogP contribution is -2.46. The molecule has 0 fully saturated rings. The molecule has 2 amide bonds. The number of hydrogen-bond acceptors (Lipinski definition) is 3. The minimum atomic E-state index is -0.311. The highest BCUT2D eigenvalue weighted by Crippen LogP contribution is 2.13. The molecule has 1 rings (SSSR count). The van der Waals surface area contributed by atoms with Crippen LogP contribution in [0.15, 0.2) is 18.2 Å². The second-order valence-electron chi connectivity index (χ2n) is 6.09. The molecule has 20 heavy (non-hydrogen) atoms. The van der Waals surface area contributed by atoms with Gasteiger partial charge in [0.15, 0.2) is 0 Å². The van der Waals surface area contributed by atoms with E-state index in [9.17, 15) is 9.59 Å². The van der Waals surface area contributed by atoms with E-state index < -0.39 is 0 Å². The van der Waals surface area contributed by atoms with Gasteiger partial charge in [0.05, 0.1) is 6.54 Å². The van der Waals surface area contributed by atoms with E-state index in [0.29, 0.717) is 11.3 Å². The van der Waals surface area contributed by atoms with Crippen molar-refractivity contribution >= 4 is 17.5 Å².